The van der Waals surface area contributed by atoms with Gasteiger partial charge in [0.05, 0.1) is 11.8 Å². The van der Waals surface area contributed by atoms with Gasteiger partial charge in [-0.2, -0.15) is 26.3 Å². The third-order valence-electron chi connectivity index (χ3n) is 11.9. The fourth-order valence-electron chi connectivity index (χ4n) is 7.89. The van der Waals surface area contributed by atoms with Crippen molar-refractivity contribution >= 4 is 82.1 Å². The second-order valence-corrected chi connectivity index (χ2v) is 17.9. The fourth-order valence-corrected chi connectivity index (χ4v) is 8.56. The van der Waals surface area contributed by atoms with E-state index in [1.165, 1.54) is 39.6 Å². The number of Topliss-reactive ketones (excluding diaryl/α,β-unsaturated/α-hetero) is 4. The van der Waals surface area contributed by atoms with E-state index in [9.17, 15) is 64.7 Å². The quantitative estimate of drug-likeness (QED) is 0.0770. The number of alkyl halides is 7. The minimum absolute atomic E-state index is 0.0177. The SMILES string of the molecule is CC(C)[C@H](CC(=O)C(F)(F)F)C(=O)O.CC(C)[C@H](CC(=O)C(F)(F)F)C(=O)OCOC(=O)N(C)[C@]1(c2ccccc2Cl)CCCCC1=O.CN(C(=O)OCCl)[C@]1(c2ccccc2Cl)CCCCC1=O. The van der Waals surface area contributed by atoms with E-state index in [0.29, 0.717) is 53.3 Å². The lowest BCUT2D eigenvalue weighted by molar-refractivity contribution is -0.176. The fraction of sp³-hybridized carbons (Fsp3) is 0.565. The lowest BCUT2D eigenvalue weighted by Crippen LogP contribution is -2.54. The molecule has 2 aliphatic carbocycles. The summed E-state index contributed by atoms with van der Waals surface area (Å²) in [5.74, 6) is -10.5. The average molecular weight is 1050 g/mol. The van der Waals surface area contributed by atoms with Gasteiger partial charge < -0.3 is 19.3 Å². The molecular weight excluding hydrogens is 993 g/mol. The van der Waals surface area contributed by atoms with Crippen LogP contribution in [-0.2, 0) is 54.1 Å². The van der Waals surface area contributed by atoms with E-state index < -0.39 is 102 Å². The van der Waals surface area contributed by atoms with E-state index in [0.717, 1.165) is 17.7 Å². The summed E-state index contributed by atoms with van der Waals surface area (Å²) < 4.78 is 87.8. The van der Waals surface area contributed by atoms with Crippen LogP contribution in [0.4, 0.5) is 35.9 Å². The number of likely N-dealkylation sites (N-methyl/N-ethyl adjacent to an activating group) is 2. The number of ether oxygens (including phenoxy) is 3. The Labute approximate surface area is 410 Å². The monoisotopic (exact) mass is 1050 g/mol. The number of benzene rings is 2. The maximum absolute atomic E-state index is 13.0. The van der Waals surface area contributed by atoms with Gasteiger partial charge in [0.15, 0.2) is 17.6 Å². The molecule has 2 fully saturated rings. The highest BCUT2D eigenvalue weighted by Gasteiger charge is 2.50. The van der Waals surface area contributed by atoms with E-state index in [1.807, 2.05) is 6.07 Å². The van der Waals surface area contributed by atoms with Crippen molar-refractivity contribution in [3.63, 3.8) is 0 Å². The second-order valence-electron chi connectivity index (χ2n) is 16.9. The Hall–Kier alpha value is -4.95. The van der Waals surface area contributed by atoms with Gasteiger partial charge in [-0.3, -0.25) is 38.6 Å². The first-order valence-electron chi connectivity index (χ1n) is 21.5. The molecule has 1 N–H and O–H groups in total. The Bertz CT molecular complexity index is 2160. The van der Waals surface area contributed by atoms with E-state index in [-0.39, 0.29) is 24.1 Å². The summed E-state index contributed by atoms with van der Waals surface area (Å²) in [5.41, 5.74) is -1.34. The van der Waals surface area contributed by atoms with E-state index in [2.05, 4.69) is 0 Å². The predicted molar refractivity (Wildman–Crippen MR) is 239 cm³/mol. The molecule has 0 radical (unpaired) electrons. The predicted octanol–water partition coefficient (Wildman–Crippen LogP) is 10.8. The maximum Gasteiger partial charge on any atom is 0.449 e. The molecule has 0 unspecified atom stereocenters. The molecule has 2 aliphatic rings. The number of nitrogens with zero attached hydrogens (tertiary/aromatic N) is 2. The van der Waals surface area contributed by atoms with Crippen molar-refractivity contribution in [1.82, 2.24) is 9.80 Å². The molecule has 0 spiro atoms. The van der Waals surface area contributed by atoms with E-state index >= 15 is 0 Å². The number of carboxylic acids is 1. The largest absolute Gasteiger partial charge is 0.481 e. The lowest BCUT2D eigenvalue weighted by atomic mass is 9.74. The standard InChI is InChI=1S/C23H27ClF3NO6.C15H17Cl2NO3.C8H11F3O3/c1-14(2)15(12-19(30)23(25,26)27)20(31)33-13-34-21(32)28(3)22(11-7-6-10-18(22)29)16-8-4-5-9-17(16)24;1-18(14(20)21-10-16)15(9-5-4-8-13(15)19)11-6-2-3-7-12(11)17;1-4(2)5(7(13)14)3-6(12)8(9,10)11/h4-5,8-9,14-15H,6-7,10-13H2,1-3H3;2-3,6-7H,4-5,8-10H2,1H3;4-5H,3H2,1-2H3,(H,13,14)/t15-,22-;15-;5-/m000/s1. The van der Waals surface area contributed by atoms with Gasteiger partial charge in [-0.25, -0.2) is 9.59 Å². The summed E-state index contributed by atoms with van der Waals surface area (Å²) in [6, 6.07) is 13.5. The van der Waals surface area contributed by atoms with Gasteiger partial charge in [0.1, 0.15) is 11.1 Å². The molecule has 2 amide bonds. The number of rotatable bonds is 15. The highest BCUT2D eigenvalue weighted by Crippen LogP contribution is 2.44. The van der Waals surface area contributed by atoms with Gasteiger partial charge in [-0.15, -0.1) is 0 Å². The summed E-state index contributed by atoms with van der Waals surface area (Å²) in [5, 5.41) is 9.31. The molecule has 0 heterocycles. The van der Waals surface area contributed by atoms with Crippen LogP contribution in [0.5, 0.6) is 0 Å². The minimum atomic E-state index is -5.07. The number of carbonyl (C=O) groups excluding carboxylic acids is 7. The summed E-state index contributed by atoms with van der Waals surface area (Å²) in [4.78, 5) is 97.6. The third-order valence-corrected chi connectivity index (χ3v) is 12.6. The van der Waals surface area contributed by atoms with Crippen LogP contribution < -0.4 is 0 Å². The third kappa shape index (κ3) is 15.8. The maximum atomic E-state index is 13.0. The van der Waals surface area contributed by atoms with Crippen molar-refractivity contribution in [3.05, 3.63) is 69.7 Å². The zero-order valence-electron chi connectivity index (χ0n) is 38.6. The van der Waals surface area contributed by atoms with Crippen LogP contribution in [0.1, 0.15) is 103 Å². The Balaban J connectivity index is 0.000000395. The molecule has 0 aromatic heterocycles. The first kappa shape index (κ1) is 60.2. The van der Waals surface area contributed by atoms with Crippen LogP contribution in [-0.4, -0.2) is 101 Å². The van der Waals surface area contributed by atoms with Crippen molar-refractivity contribution in [2.24, 2.45) is 23.7 Å². The van der Waals surface area contributed by atoms with Gasteiger partial charge in [0.25, 0.3) is 0 Å². The molecule has 14 nitrogen and oxygen atoms in total. The first-order chi connectivity index (χ1) is 32.0. The zero-order chi connectivity index (χ0) is 52.7. The Morgan fingerprint density at radius 2 is 1.01 bits per heavy atom. The highest BCUT2D eigenvalue weighted by atomic mass is 35.5. The smallest absolute Gasteiger partial charge is 0.449 e. The van der Waals surface area contributed by atoms with Crippen molar-refractivity contribution in [2.45, 2.75) is 115 Å². The summed E-state index contributed by atoms with van der Waals surface area (Å²) in [6.07, 6.45) is -9.18. The number of halogens is 9. The van der Waals surface area contributed by atoms with Crippen LogP contribution in [0.25, 0.3) is 0 Å². The molecule has 4 rings (SSSR count). The first-order valence-corrected chi connectivity index (χ1v) is 22.8. The number of ketones is 4. The molecule has 0 bridgehead atoms. The number of carbonyl (C=O) groups is 8. The second kappa shape index (κ2) is 26.3. The van der Waals surface area contributed by atoms with Crippen LogP contribution >= 0.6 is 34.8 Å². The van der Waals surface area contributed by atoms with Crippen molar-refractivity contribution in [3.8, 4) is 0 Å². The Morgan fingerprint density at radius 3 is 1.35 bits per heavy atom. The molecule has 0 aliphatic heterocycles. The van der Waals surface area contributed by atoms with Gasteiger partial charge in [-0.1, -0.05) is 98.9 Å². The zero-order valence-corrected chi connectivity index (χ0v) is 40.9. The van der Waals surface area contributed by atoms with Gasteiger partial charge in [0, 0.05) is 61.0 Å². The van der Waals surface area contributed by atoms with Crippen molar-refractivity contribution in [1.29, 1.82) is 0 Å². The Kier molecular flexibility index (Phi) is 22.9. The summed E-state index contributed by atoms with van der Waals surface area (Å²) in [7, 11) is 2.93. The van der Waals surface area contributed by atoms with Crippen LogP contribution in [0, 0.1) is 23.7 Å². The molecule has 2 aromatic rings. The van der Waals surface area contributed by atoms with Crippen LogP contribution in [0.3, 0.4) is 0 Å². The van der Waals surface area contributed by atoms with E-state index in [1.54, 1.807) is 49.5 Å². The molecule has 4 atom stereocenters. The summed E-state index contributed by atoms with van der Waals surface area (Å²) >= 11 is 18.1. The van der Waals surface area contributed by atoms with Crippen LogP contribution in [0.15, 0.2) is 48.5 Å². The molecule has 69 heavy (non-hydrogen) atoms. The van der Waals surface area contributed by atoms with Gasteiger partial charge >= 0.3 is 36.5 Å². The molecule has 0 saturated heterocycles. The molecule has 2 aromatic carbocycles. The lowest BCUT2D eigenvalue weighted by Gasteiger charge is -2.43. The average Bonchev–Trinajstić information content (AvgIpc) is 3.27. The normalized spacial score (nSPS) is 19.1. The number of hydrogen-bond donors (Lipinski definition) is 1. The highest BCUT2D eigenvalue weighted by molar-refractivity contribution is 6.32. The number of hydrogen-bond acceptors (Lipinski definition) is 11. The minimum Gasteiger partial charge on any atom is -0.481 e. The van der Waals surface area contributed by atoms with Gasteiger partial charge in [0.2, 0.25) is 18.4 Å². The topological polar surface area (TPSA) is 191 Å². The molecule has 384 valence electrons. The summed E-state index contributed by atoms with van der Waals surface area (Å²) in [6.45, 7) is 4.97. The Morgan fingerprint density at radius 1 is 0.638 bits per heavy atom. The number of aliphatic carboxylic acids is 1. The number of esters is 1. The van der Waals surface area contributed by atoms with Gasteiger partial charge in [-0.05, 0) is 62.5 Å². The molecule has 23 heteroatoms. The number of carboxylic acid groups (broad SMARTS) is 1. The van der Waals surface area contributed by atoms with Crippen LogP contribution in [0.2, 0.25) is 10.0 Å². The van der Waals surface area contributed by atoms with Crippen molar-refractivity contribution in [2.75, 3.05) is 27.0 Å². The van der Waals surface area contributed by atoms with E-state index in [4.69, 9.17) is 54.1 Å². The molecular formula is C46H55Cl3F6N2O12. The van der Waals surface area contributed by atoms with Crippen molar-refractivity contribution < 1.29 is 84.0 Å². The number of amides is 2. The molecule has 2 saturated carbocycles.